The molecule has 3 nitrogen and oxygen atoms in total. The Bertz CT molecular complexity index is 786. The summed E-state index contributed by atoms with van der Waals surface area (Å²) in [6.07, 6.45) is 3.71. The highest BCUT2D eigenvalue weighted by atomic mass is 35.5. The van der Waals surface area contributed by atoms with E-state index in [4.69, 9.17) is 0 Å². The molecular formula is C20H23ClN2O. The predicted octanol–water partition coefficient (Wildman–Crippen LogP) is 4.29. The van der Waals surface area contributed by atoms with E-state index in [1.807, 2.05) is 12.3 Å². The first kappa shape index (κ1) is 17.0. The molecule has 1 aliphatic heterocycles. The first-order chi connectivity index (χ1) is 11.3. The number of aliphatic hydroxyl groups excluding tert-OH is 1. The van der Waals surface area contributed by atoms with E-state index in [0.717, 1.165) is 31.4 Å². The quantitative estimate of drug-likeness (QED) is 0.745. The van der Waals surface area contributed by atoms with Gasteiger partial charge < -0.3 is 10.1 Å². The largest absolute Gasteiger partial charge is 0.378 e. The lowest BCUT2D eigenvalue weighted by atomic mass is 9.86. The van der Waals surface area contributed by atoms with Crippen LogP contribution in [-0.4, -0.2) is 27.8 Å². The summed E-state index contributed by atoms with van der Waals surface area (Å²) >= 11 is 0. The molecule has 3 aromatic rings. The average molecular weight is 343 g/mol. The summed E-state index contributed by atoms with van der Waals surface area (Å²) in [5, 5.41) is 12.2. The third kappa shape index (κ3) is 3.20. The number of aromatic amines is 1. The summed E-state index contributed by atoms with van der Waals surface area (Å²) in [6, 6.07) is 18.9. The summed E-state index contributed by atoms with van der Waals surface area (Å²) in [5.41, 5.74) is 3.66. The van der Waals surface area contributed by atoms with Gasteiger partial charge in [-0.3, -0.25) is 4.90 Å². The minimum atomic E-state index is -0.426. The number of halogens is 1. The van der Waals surface area contributed by atoms with E-state index >= 15 is 0 Å². The minimum Gasteiger partial charge on any atom is -0.378 e. The van der Waals surface area contributed by atoms with Gasteiger partial charge in [0.1, 0.15) is 6.23 Å². The molecule has 0 aliphatic carbocycles. The average Bonchev–Trinajstić information content (AvgIpc) is 3.07. The van der Waals surface area contributed by atoms with Gasteiger partial charge in [0.2, 0.25) is 0 Å². The molecule has 2 unspecified atom stereocenters. The number of aromatic nitrogens is 1. The highest BCUT2D eigenvalue weighted by Crippen LogP contribution is 2.35. The van der Waals surface area contributed by atoms with E-state index in [-0.39, 0.29) is 18.3 Å². The topological polar surface area (TPSA) is 39.3 Å². The Morgan fingerprint density at radius 1 is 1.04 bits per heavy atom. The monoisotopic (exact) mass is 342 g/mol. The molecule has 2 atom stereocenters. The summed E-state index contributed by atoms with van der Waals surface area (Å²) in [7, 11) is 0. The maximum atomic E-state index is 11.0. The Hall–Kier alpha value is -1.81. The van der Waals surface area contributed by atoms with E-state index in [1.54, 1.807) is 0 Å². The van der Waals surface area contributed by atoms with Crippen LogP contribution in [0.15, 0.2) is 60.8 Å². The van der Waals surface area contributed by atoms with Crippen molar-refractivity contribution in [2.24, 2.45) is 0 Å². The first-order valence-electron chi connectivity index (χ1n) is 8.35. The lowest BCUT2D eigenvalue weighted by Crippen LogP contribution is -2.43. The van der Waals surface area contributed by atoms with Crippen LogP contribution in [0.4, 0.5) is 0 Å². The number of nitrogens with one attached hydrogen (secondary N) is 1. The third-order valence-electron chi connectivity index (χ3n) is 4.95. The van der Waals surface area contributed by atoms with Crippen molar-refractivity contribution in [3.8, 4) is 0 Å². The molecule has 0 spiro atoms. The lowest BCUT2D eigenvalue weighted by Gasteiger charge is -2.38. The van der Waals surface area contributed by atoms with E-state index in [0.29, 0.717) is 0 Å². The molecule has 24 heavy (non-hydrogen) atoms. The van der Waals surface area contributed by atoms with Crippen molar-refractivity contribution >= 4 is 23.3 Å². The summed E-state index contributed by atoms with van der Waals surface area (Å²) in [6.45, 7) is 1.76. The van der Waals surface area contributed by atoms with Crippen molar-refractivity contribution in [3.05, 3.63) is 71.9 Å². The standard InChI is InChI=1S/C20H22N2O.ClH/c23-20-18(16-8-4-10-19-17(16)11-12-21-19)9-5-13-22(20)14-15-6-2-1-3-7-15;/h1-4,6-8,10-12,18,20-21,23H,5,9,13-14H2;1H. The number of H-pyrrole nitrogens is 1. The van der Waals surface area contributed by atoms with Crippen LogP contribution < -0.4 is 0 Å². The second-order valence-electron chi connectivity index (χ2n) is 6.40. The number of fused-ring (bicyclic) bond motifs is 1. The maximum Gasteiger partial charge on any atom is 0.114 e. The van der Waals surface area contributed by atoms with Crippen LogP contribution >= 0.6 is 12.4 Å². The summed E-state index contributed by atoms with van der Waals surface area (Å²) in [5.74, 6) is 0.173. The second-order valence-corrected chi connectivity index (χ2v) is 6.40. The van der Waals surface area contributed by atoms with Crippen LogP contribution in [0.25, 0.3) is 10.9 Å². The second kappa shape index (κ2) is 7.39. The molecule has 2 N–H and O–H groups in total. The Balaban J connectivity index is 0.00000169. The van der Waals surface area contributed by atoms with Gasteiger partial charge in [-0.1, -0.05) is 42.5 Å². The number of rotatable bonds is 3. The number of aliphatic hydroxyl groups is 1. The number of hydrogen-bond acceptors (Lipinski definition) is 2. The zero-order valence-corrected chi connectivity index (χ0v) is 14.4. The molecule has 0 saturated carbocycles. The molecule has 4 rings (SSSR count). The number of piperidine rings is 1. The van der Waals surface area contributed by atoms with Crippen molar-refractivity contribution in [2.45, 2.75) is 31.5 Å². The Morgan fingerprint density at radius 3 is 2.71 bits per heavy atom. The molecule has 0 radical (unpaired) electrons. The number of hydrogen-bond donors (Lipinski definition) is 2. The molecule has 2 aromatic carbocycles. The van der Waals surface area contributed by atoms with Gasteiger partial charge in [-0.25, -0.2) is 0 Å². The van der Waals surface area contributed by atoms with Crippen LogP contribution in [0.1, 0.15) is 29.9 Å². The van der Waals surface area contributed by atoms with Gasteiger partial charge in [0.25, 0.3) is 0 Å². The van der Waals surface area contributed by atoms with E-state index in [9.17, 15) is 5.11 Å². The van der Waals surface area contributed by atoms with Crippen LogP contribution in [-0.2, 0) is 6.54 Å². The van der Waals surface area contributed by atoms with Crippen molar-refractivity contribution in [2.75, 3.05) is 6.54 Å². The molecule has 1 saturated heterocycles. The summed E-state index contributed by atoms with van der Waals surface area (Å²) < 4.78 is 0. The van der Waals surface area contributed by atoms with Gasteiger partial charge in [0.15, 0.2) is 0 Å². The number of nitrogens with zero attached hydrogens (tertiary/aromatic N) is 1. The van der Waals surface area contributed by atoms with Crippen molar-refractivity contribution in [1.82, 2.24) is 9.88 Å². The third-order valence-corrected chi connectivity index (χ3v) is 4.95. The van der Waals surface area contributed by atoms with E-state index in [1.165, 1.54) is 16.5 Å². The smallest absolute Gasteiger partial charge is 0.114 e. The Morgan fingerprint density at radius 2 is 1.88 bits per heavy atom. The molecule has 2 heterocycles. The van der Waals surface area contributed by atoms with Gasteiger partial charge in [-0.05, 0) is 36.1 Å². The molecule has 0 amide bonds. The molecule has 1 fully saturated rings. The molecule has 4 heteroatoms. The molecule has 1 aromatic heterocycles. The Labute approximate surface area is 148 Å². The number of benzene rings is 2. The van der Waals surface area contributed by atoms with Crippen LogP contribution in [0, 0.1) is 0 Å². The normalized spacial score (nSPS) is 21.5. The molecular weight excluding hydrogens is 320 g/mol. The van der Waals surface area contributed by atoms with Crippen molar-refractivity contribution in [3.63, 3.8) is 0 Å². The highest BCUT2D eigenvalue weighted by molar-refractivity contribution is 5.85. The lowest BCUT2D eigenvalue weighted by molar-refractivity contribution is -0.0453. The molecule has 126 valence electrons. The fourth-order valence-electron chi connectivity index (χ4n) is 3.79. The maximum absolute atomic E-state index is 11.0. The van der Waals surface area contributed by atoms with Crippen LogP contribution in [0.5, 0.6) is 0 Å². The SMILES string of the molecule is Cl.OC1C(c2cccc3[nH]ccc23)CCCN1Cc1ccccc1. The van der Waals surface area contributed by atoms with Gasteiger partial charge in [0, 0.05) is 36.1 Å². The van der Waals surface area contributed by atoms with Crippen LogP contribution in [0.2, 0.25) is 0 Å². The van der Waals surface area contributed by atoms with Gasteiger partial charge in [0.05, 0.1) is 0 Å². The van der Waals surface area contributed by atoms with E-state index < -0.39 is 6.23 Å². The number of likely N-dealkylation sites (tertiary alicyclic amines) is 1. The molecule has 0 bridgehead atoms. The fraction of sp³-hybridized carbons (Fsp3) is 0.300. The highest BCUT2D eigenvalue weighted by Gasteiger charge is 2.31. The van der Waals surface area contributed by atoms with Gasteiger partial charge in [-0.15, -0.1) is 12.4 Å². The van der Waals surface area contributed by atoms with Gasteiger partial charge in [-0.2, -0.15) is 0 Å². The summed E-state index contributed by atoms with van der Waals surface area (Å²) in [4.78, 5) is 5.47. The first-order valence-corrected chi connectivity index (χ1v) is 8.35. The van der Waals surface area contributed by atoms with Crippen molar-refractivity contribution in [1.29, 1.82) is 0 Å². The molecule has 1 aliphatic rings. The fourth-order valence-corrected chi connectivity index (χ4v) is 3.79. The Kier molecular flexibility index (Phi) is 5.24. The van der Waals surface area contributed by atoms with Gasteiger partial charge >= 0.3 is 0 Å². The van der Waals surface area contributed by atoms with E-state index in [2.05, 4.69) is 58.4 Å². The minimum absolute atomic E-state index is 0. The van der Waals surface area contributed by atoms with Crippen LogP contribution in [0.3, 0.4) is 0 Å². The van der Waals surface area contributed by atoms with Crippen molar-refractivity contribution < 1.29 is 5.11 Å². The zero-order valence-electron chi connectivity index (χ0n) is 13.6. The zero-order chi connectivity index (χ0) is 15.6. The predicted molar refractivity (Wildman–Crippen MR) is 100 cm³/mol.